The van der Waals surface area contributed by atoms with Gasteiger partial charge in [-0.2, -0.15) is 4.39 Å². The van der Waals surface area contributed by atoms with Crippen LogP contribution in [0.15, 0.2) is 75.4 Å². The molecule has 7 nitrogen and oxygen atoms in total. The first-order valence-corrected chi connectivity index (χ1v) is 13.5. The van der Waals surface area contributed by atoms with Crippen LogP contribution in [0.4, 0.5) is 20.2 Å². The normalized spacial score (nSPS) is 11.5. The van der Waals surface area contributed by atoms with Crippen molar-refractivity contribution in [3.63, 3.8) is 0 Å². The standard InChI is InChI=1S/C28H27F2N3O4S/c1-4-5-9-22-24(33(3)23-10-7-6-8-21(23)29)25(34)26(28(35)32-22)38(36,37)19-13-11-18(12-14-19)20-15-16-31-27(30)17(20)2/h6-8,10-16H,4-5,9H2,1-3H3,(H2,32,34,35). The number of nitrogens with zero attached hydrogens (tertiary/aromatic N) is 2. The summed E-state index contributed by atoms with van der Waals surface area (Å²) in [7, 11) is -3.02. The number of aromatic amines is 1. The van der Waals surface area contributed by atoms with Crippen LogP contribution in [-0.2, 0) is 16.3 Å². The van der Waals surface area contributed by atoms with Crippen molar-refractivity contribution in [1.82, 2.24) is 9.97 Å². The number of aryl methyl sites for hydroxylation is 1. The van der Waals surface area contributed by atoms with Crippen molar-refractivity contribution in [2.45, 2.75) is 42.9 Å². The molecule has 0 amide bonds. The van der Waals surface area contributed by atoms with Crippen LogP contribution < -0.4 is 10.5 Å². The summed E-state index contributed by atoms with van der Waals surface area (Å²) < 4.78 is 55.7. The maximum Gasteiger partial charge on any atom is 0.271 e. The number of hydrogen-bond acceptors (Lipinski definition) is 6. The van der Waals surface area contributed by atoms with Gasteiger partial charge in [-0.15, -0.1) is 0 Å². The molecule has 0 fully saturated rings. The van der Waals surface area contributed by atoms with E-state index in [0.29, 0.717) is 35.2 Å². The molecule has 0 unspecified atom stereocenters. The summed E-state index contributed by atoms with van der Waals surface area (Å²) in [6, 6.07) is 13.0. The van der Waals surface area contributed by atoms with E-state index in [1.807, 2.05) is 6.92 Å². The van der Waals surface area contributed by atoms with Gasteiger partial charge in [-0.05, 0) is 61.2 Å². The quantitative estimate of drug-likeness (QED) is 0.280. The summed E-state index contributed by atoms with van der Waals surface area (Å²) in [5.74, 6) is -1.98. The Hall–Kier alpha value is -4.05. The molecule has 0 radical (unpaired) electrons. The van der Waals surface area contributed by atoms with Crippen molar-refractivity contribution >= 4 is 21.2 Å². The molecular formula is C28H27F2N3O4S. The van der Waals surface area contributed by atoms with E-state index in [1.54, 1.807) is 19.1 Å². The van der Waals surface area contributed by atoms with E-state index < -0.39 is 37.8 Å². The van der Waals surface area contributed by atoms with Gasteiger partial charge in [0.2, 0.25) is 15.8 Å². The number of anilines is 2. The fraction of sp³-hybridized carbons (Fsp3) is 0.214. The van der Waals surface area contributed by atoms with Crippen LogP contribution in [0.3, 0.4) is 0 Å². The van der Waals surface area contributed by atoms with Gasteiger partial charge >= 0.3 is 0 Å². The lowest BCUT2D eigenvalue weighted by Gasteiger charge is -2.25. The monoisotopic (exact) mass is 539 g/mol. The number of sulfone groups is 1. The first-order valence-electron chi connectivity index (χ1n) is 12.0. The fourth-order valence-corrected chi connectivity index (χ4v) is 5.73. The van der Waals surface area contributed by atoms with Crippen molar-refractivity contribution in [3.8, 4) is 16.9 Å². The first-order chi connectivity index (χ1) is 18.1. The van der Waals surface area contributed by atoms with E-state index in [4.69, 9.17) is 0 Å². The highest BCUT2D eigenvalue weighted by molar-refractivity contribution is 7.91. The van der Waals surface area contributed by atoms with Gasteiger partial charge < -0.3 is 15.0 Å². The fourth-order valence-electron chi connectivity index (χ4n) is 4.35. The van der Waals surface area contributed by atoms with Crippen LogP contribution in [-0.4, -0.2) is 30.5 Å². The van der Waals surface area contributed by atoms with E-state index in [1.165, 1.54) is 60.6 Å². The molecule has 0 spiro atoms. The molecule has 0 saturated carbocycles. The molecule has 4 aromatic rings. The van der Waals surface area contributed by atoms with E-state index in [9.17, 15) is 27.1 Å². The number of pyridine rings is 2. The molecule has 0 atom stereocenters. The summed E-state index contributed by atoms with van der Waals surface area (Å²) in [6.45, 7) is 3.51. The van der Waals surface area contributed by atoms with E-state index in [2.05, 4.69) is 9.97 Å². The third-order valence-corrected chi connectivity index (χ3v) is 8.22. The molecule has 4 rings (SSSR count). The number of H-pyrrole nitrogens is 1. The number of hydrogen-bond donors (Lipinski definition) is 2. The summed E-state index contributed by atoms with van der Waals surface area (Å²) in [5.41, 5.74) is 0.814. The predicted molar refractivity (Wildman–Crippen MR) is 142 cm³/mol. The predicted octanol–water partition coefficient (Wildman–Crippen LogP) is 5.67. The summed E-state index contributed by atoms with van der Waals surface area (Å²) in [5, 5.41) is 11.3. The topological polar surface area (TPSA) is 103 Å². The molecular weight excluding hydrogens is 512 g/mol. The Kier molecular flexibility index (Phi) is 7.63. The van der Waals surface area contributed by atoms with Crippen molar-refractivity contribution < 1.29 is 22.3 Å². The molecule has 2 aromatic heterocycles. The molecule has 2 N–H and O–H groups in total. The number of halogens is 2. The average molecular weight is 540 g/mol. The van der Waals surface area contributed by atoms with Gasteiger partial charge in [0.05, 0.1) is 10.6 Å². The summed E-state index contributed by atoms with van der Waals surface area (Å²) in [4.78, 5) is 19.5. The minimum Gasteiger partial charge on any atom is -0.504 e. The lowest BCUT2D eigenvalue weighted by Crippen LogP contribution is -2.24. The Morgan fingerprint density at radius 1 is 1.05 bits per heavy atom. The first kappa shape index (κ1) is 27.0. The van der Waals surface area contributed by atoms with Gasteiger partial charge in [-0.25, -0.2) is 17.8 Å². The zero-order valence-electron chi connectivity index (χ0n) is 21.1. The third-order valence-electron chi connectivity index (χ3n) is 6.41. The van der Waals surface area contributed by atoms with Crippen LogP contribution in [0.1, 0.15) is 31.0 Å². The van der Waals surface area contributed by atoms with E-state index in [-0.39, 0.29) is 16.3 Å². The van der Waals surface area contributed by atoms with Crippen molar-refractivity contribution in [1.29, 1.82) is 0 Å². The maximum atomic E-state index is 14.6. The number of para-hydroxylation sites is 1. The number of rotatable bonds is 8. The lowest BCUT2D eigenvalue weighted by molar-refractivity contribution is 0.455. The number of nitrogens with one attached hydrogen (secondary N) is 1. The largest absolute Gasteiger partial charge is 0.504 e. The van der Waals surface area contributed by atoms with Gasteiger partial charge in [0.1, 0.15) is 11.5 Å². The highest BCUT2D eigenvalue weighted by Crippen LogP contribution is 2.40. The third kappa shape index (κ3) is 4.91. The van der Waals surface area contributed by atoms with Crippen LogP contribution in [0.5, 0.6) is 5.75 Å². The Morgan fingerprint density at radius 2 is 1.74 bits per heavy atom. The van der Waals surface area contributed by atoms with E-state index >= 15 is 0 Å². The average Bonchev–Trinajstić information content (AvgIpc) is 2.89. The second kappa shape index (κ2) is 10.7. The maximum absolute atomic E-state index is 14.6. The highest BCUT2D eigenvalue weighted by Gasteiger charge is 2.31. The highest BCUT2D eigenvalue weighted by atomic mass is 32.2. The molecule has 2 aromatic carbocycles. The lowest BCUT2D eigenvalue weighted by atomic mass is 10.0. The molecule has 0 aliphatic rings. The van der Waals surface area contributed by atoms with Crippen LogP contribution in [0.25, 0.3) is 11.1 Å². The SMILES string of the molecule is CCCCc1[nH]c(=O)c(S(=O)(=O)c2ccc(-c3ccnc(F)c3C)cc2)c(O)c1N(C)c1ccccc1F. The Labute approximate surface area is 219 Å². The minimum atomic E-state index is -4.50. The number of benzene rings is 2. The van der Waals surface area contributed by atoms with E-state index in [0.717, 1.165) is 6.42 Å². The number of aromatic nitrogens is 2. The molecule has 0 bridgehead atoms. The smallest absolute Gasteiger partial charge is 0.271 e. The Balaban J connectivity index is 1.85. The van der Waals surface area contributed by atoms with Crippen molar-refractivity contribution in [3.05, 3.63) is 94.2 Å². The van der Waals surface area contributed by atoms with Gasteiger partial charge in [0, 0.05) is 24.5 Å². The zero-order chi connectivity index (χ0) is 27.6. The molecule has 0 saturated heterocycles. The number of aromatic hydroxyl groups is 1. The summed E-state index contributed by atoms with van der Waals surface area (Å²) >= 11 is 0. The Bertz CT molecular complexity index is 1650. The Morgan fingerprint density at radius 3 is 2.39 bits per heavy atom. The molecule has 0 aliphatic heterocycles. The molecule has 2 heterocycles. The molecule has 0 aliphatic carbocycles. The molecule has 10 heteroatoms. The molecule has 198 valence electrons. The van der Waals surface area contributed by atoms with Gasteiger partial charge in [0.25, 0.3) is 5.56 Å². The number of unbranched alkanes of at least 4 members (excludes halogenated alkanes) is 1. The van der Waals surface area contributed by atoms with Gasteiger partial charge in [-0.3, -0.25) is 4.79 Å². The minimum absolute atomic E-state index is 0.00114. The van der Waals surface area contributed by atoms with Gasteiger partial charge in [-0.1, -0.05) is 37.6 Å². The van der Waals surface area contributed by atoms with Crippen LogP contribution in [0.2, 0.25) is 0 Å². The van der Waals surface area contributed by atoms with Crippen LogP contribution >= 0.6 is 0 Å². The second-order valence-electron chi connectivity index (χ2n) is 8.88. The van der Waals surface area contributed by atoms with Crippen molar-refractivity contribution in [2.75, 3.05) is 11.9 Å². The second-order valence-corrected chi connectivity index (χ2v) is 10.8. The molecule has 38 heavy (non-hydrogen) atoms. The zero-order valence-corrected chi connectivity index (χ0v) is 21.9. The van der Waals surface area contributed by atoms with Crippen molar-refractivity contribution in [2.24, 2.45) is 0 Å². The van der Waals surface area contributed by atoms with Gasteiger partial charge in [0.15, 0.2) is 10.6 Å². The summed E-state index contributed by atoms with van der Waals surface area (Å²) in [6.07, 6.45) is 3.08. The van der Waals surface area contributed by atoms with Crippen LogP contribution in [0, 0.1) is 18.7 Å².